The number of aryl methyl sites for hydroxylation is 2. The fourth-order valence-electron chi connectivity index (χ4n) is 4.44. The van der Waals surface area contributed by atoms with E-state index in [2.05, 4.69) is 15.1 Å². The summed E-state index contributed by atoms with van der Waals surface area (Å²) < 4.78 is 18.6. The molecule has 0 fully saturated rings. The Balaban J connectivity index is 1.38. The standard InChI is InChI=1S/C29H30N4O4S/c1-19-7-5-8-20(2)27(19)31-28(34)32(16-23-9-6-14-37-23)13-12-21-18-38-29-30-25(17-33(21)29)24-15-22(35-3)10-11-26(24)36-4/h5-11,14-15,17-18H,12-13,16H2,1-4H3,(H,31,34). The number of hydrogen-bond acceptors (Lipinski definition) is 6. The van der Waals surface area contributed by atoms with Gasteiger partial charge in [0.15, 0.2) is 4.96 Å². The van der Waals surface area contributed by atoms with E-state index in [1.54, 1.807) is 36.7 Å². The number of nitrogens with zero attached hydrogens (tertiary/aromatic N) is 3. The summed E-state index contributed by atoms with van der Waals surface area (Å²) in [7, 11) is 3.28. The van der Waals surface area contributed by atoms with Crippen LogP contribution in [0.1, 0.15) is 22.6 Å². The molecule has 9 heteroatoms. The number of carbonyl (C=O) groups excluding carboxylic acids is 1. The van der Waals surface area contributed by atoms with Crippen molar-refractivity contribution in [1.29, 1.82) is 0 Å². The minimum absolute atomic E-state index is 0.169. The lowest BCUT2D eigenvalue weighted by Gasteiger charge is -2.23. The highest BCUT2D eigenvalue weighted by molar-refractivity contribution is 7.15. The highest BCUT2D eigenvalue weighted by atomic mass is 32.1. The Labute approximate surface area is 225 Å². The van der Waals surface area contributed by atoms with Crippen LogP contribution in [-0.4, -0.2) is 41.1 Å². The smallest absolute Gasteiger partial charge is 0.322 e. The van der Waals surface area contributed by atoms with Crippen molar-refractivity contribution < 1.29 is 18.7 Å². The molecule has 196 valence electrons. The van der Waals surface area contributed by atoms with Crippen molar-refractivity contribution in [2.75, 3.05) is 26.1 Å². The number of amides is 2. The van der Waals surface area contributed by atoms with Gasteiger partial charge in [-0.05, 0) is 55.3 Å². The van der Waals surface area contributed by atoms with Crippen molar-refractivity contribution in [2.45, 2.75) is 26.8 Å². The molecule has 0 unspecified atom stereocenters. The monoisotopic (exact) mass is 530 g/mol. The van der Waals surface area contributed by atoms with Crippen LogP contribution in [0.5, 0.6) is 11.5 Å². The molecular weight excluding hydrogens is 500 g/mol. The first-order valence-electron chi connectivity index (χ1n) is 12.3. The van der Waals surface area contributed by atoms with Crippen LogP contribution in [0.25, 0.3) is 16.2 Å². The van der Waals surface area contributed by atoms with E-state index in [4.69, 9.17) is 18.9 Å². The molecule has 38 heavy (non-hydrogen) atoms. The molecule has 1 N–H and O–H groups in total. The summed E-state index contributed by atoms with van der Waals surface area (Å²) in [5, 5.41) is 5.20. The number of benzene rings is 2. The van der Waals surface area contributed by atoms with Gasteiger partial charge in [-0.25, -0.2) is 9.78 Å². The predicted molar refractivity (Wildman–Crippen MR) is 149 cm³/mol. The van der Waals surface area contributed by atoms with Crippen LogP contribution in [-0.2, 0) is 13.0 Å². The molecule has 8 nitrogen and oxygen atoms in total. The van der Waals surface area contributed by atoms with Crippen molar-refractivity contribution in [2.24, 2.45) is 0 Å². The molecule has 0 aliphatic carbocycles. The number of urea groups is 1. The summed E-state index contributed by atoms with van der Waals surface area (Å²) in [5.41, 5.74) is 5.61. The van der Waals surface area contributed by atoms with E-state index < -0.39 is 0 Å². The number of fused-ring (bicyclic) bond motifs is 1. The van der Waals surface area contributed by atoms with E-state index >= 15 is 0 Å². The van der Waals surface area contributed by atoms with Crippen molar-refractivity contribution >= 4 is 28.0 Å². The van der Waals surface area contributed by atoms with Crippen LogP contribution in [0.4, 0.5) is 10.5 Å². The number of para-hydroxylation sites is 1. The molecule has 5 aromatic rings. The van der Waals surface area contributed by atoms with Crippen LogP contribution in [0.2, 0.25) is 0 Å². The third kappa shape index (κ3) is 5.24. The SMILES string of the molecule is COc1ccc(OC)c(-c2cn3c(CCN(Cc4ccco4)C(=O)Nc4c(C)cccc4C)csc3n2)c1. The van der Waals surface area contributed by atoms with Crippen LogP contribution >= 0.6 is 11.3 Å². The number of aromatic nitrogens is 2. The molecule has 0 saturated carbocycles. The lowest BCUT2D eigenvalue weighted by atomic mass is 10.1. The van der Waals surface area contributed by atoms with Crippen molar-refractivity contribution in [1.82, 2.24) is 14.3 Å². The maximum absolute atomic E-state index is 13.4. The second kappa shape index (κ2) is 11.0. The third-order valence-electron chi connectivity index (χ3n) is 6.53. The Morgan fingerprint density at radius 2 is 1.92 bits per heavy atom. The maximum atomic E-state index is 13.4. The minimum atomic E-state index is -0.169. The van der Waals surface area contributed by atoms with E-state index in [-0.39, 0.29) is 6.03 Å². The van der Waals surface area contributed by atoms with Crippen LogP contribution < -0.4 is 14.8 Å². The zero-order valence-electron chi connectivity index (χ0n) is 21.9. The number of anilines is 1. The van der Waals surface area contributed by atoms with Gasteiger partial charge >= 0.3 is 6.03 Å². The second-order valence-electron chi connectivity index (χ2n) is 9.02. The Kier molecular flexibility index (Phi) is 7.37. The zero-order valence-corrected chi connectivity index (χ0v) is 22.7. The van der Waals surface area contributed by atoms with Gasteiger partial charge in [0.1, 0.15) is 17.3 Å². The average molecular weight is 531 g/mol. The highest BCUT2D eigenvalue weighted by Gasteiger charge is 2.19. The number of ether oxygens (including phenoxy) is 2. The minimum Gasteiger partial charge on any atom is -0.497 e. The Hall–Kier alpha value is -4.24. The summed E-state index contributed by atoms with van der Waals surface area (Å²) in [6.45, 7) is 4.86. The quantitative estimate of drug-likeness (QED) is 0.233. The molecule has 3 heterocycles. The Morgan fingerprint density at radius 3 is 2.63 bits per heavy atom. The lowest BCUT2D eigenvalue weighted by molar-refractivity contribution is 0.204. The van der Waals surface area contributed by atoms with Gasteiger partial charge in [0.25, 0.3) is 0 Å². The number of thiazole rings is 1. The normalized spacial score (nSPS) is 11.1. The molecule has 0 bridgehead atoms. The largest absolute Gasteiger partial charge is 0.497 e. The topological polar surface area (TPSA) is 81.2 Å². The van der Waals surface area contributed by atoms with Gasteiger partial charge in [0, 0.05) is 41.5 Å². The van der Waals surface area contributed by atoms with Gasteiger partial charge in [0.05, 0.1) is 32.7 Å². The van der Waals surface area contributed by atoms with Crippen molar-refractivity contribution in [3.8, 4) is 22.8 Å². The van der Waals surface area contributed by atoms with Gasteiger partial charge in [-0.2, -0.15) is 0 Å². The van der Waals surface area contributed by atoms with E-state index in [9.17, 15) is 4.79 Å². The predicted octanol–water partition coefficient (Wildman–Crippen LogP) is 6.57. The second-order valence-corrected chi connectivity index (χ2v) is 9.86. The molecule has 5 rings (SSSR count). The summed E-state index contributed by atoms with van der Waals surface area (Å²) >= 11 is 1.57. The molecule has 0 spiro atoms. The summed E-state index contributed by atoms with van der Waals surface area (Å²) in [5.74, 6) is 2.19. The van der Waals surface area contributed by atoms with Crippen molar-refractivity contribution in [3.63, 3.8) is 0 Å². The van der Waals surface area contributed by atoms with E-state index in [1.807, 2.05) is 68.6 Å². The fourth-order valence-corrected chi connectivity index (χ4v) is 5.35. The Bertz CT molecular complexity index is 1530. The lowest BCUT2D eigenvalue weighted by Crippen LogP contribution is -2.36. The van der Waals surface area contributed by atoms with Crippen LogP contribution in [0.15, 0.2) is 70.8 Å². The first kappa shape index (κ1) is 25.4. The van der Waals surface area contributed by atoms with Gasteiger partial charge < -0.3 is 24.1 Å². The number of furan rings is 1. The van der Waals surface area contributed by atoms with Gasteiger partial charge in [-0.15, -0.1) is 11.3 Å². The molecule has 0 aliphatic heterocycles. The van der Waals surface area contributed by atoms with E-state index in [1.165, 1.54) is 0 Å². The fraction of sp³-hybridized carbons (Fsp3) is 0.241. The van der Waals surface area contributed by atoms with Crippen molar-refractivity contribution in [3.05, 3.63) is 89.0 Å². The van der Waals surface area contributed by atoms with E-state index in [0.717, 1.165) is 56.0 Å². The Morgan fingerprint density at radius 1 is 1.11 bits per heavy atom. The van der Waals surface area contributed by atoms with Crippen LogP contribution in [0.3, 0.4) is 0 Å². The number of methoxy groups -OCH3 is 2. The molecule has 0 atom stereocenters. The highest BCUT2D eigenvalue weighted by Crippen LogP contribution is 2.34. The average Bonchev–Trinajstić information content (AvgIpc) is 3.67. The molecule has 0 aliphatic rings. The number of carbonyl (C=O) groups is 1. The molecule has 3 aromatic heterocycles. The number of nitrogens with one attached hydrogen (secondary N) is 1. The van der Waals surface area contributed by atoms with Crippen LogP contribution in [0, 0.1) is 13.8 Å². The van der Waals surface area contributed by atoms with Gasteiger partial charge in [-0.1, -0.05) is 18.2 Å². The molecular formula is C29H30N4O4S. The molecule has 2 amide bonds. The van der Waals surface area contributed by atoms with Gasteiger partial charge in [0.2, 0.25) is 0 Å². The summed E-state index contributed by atoms with van der Waals surface area (Å²) in [6.07, 6.45) is 4.28. The molecule has 0 radical (unpaired) electrons. The number of rotatable bonds is 9. The third-order valence-corrected chi connectivity index (χ3v) is 7.42. The van der Waals surface area contributed by atoms with Gasteiger partial charge in [-0.3, -0.25) is 4.40 Å². The van der Waals surface area contributed by atoms with E-state index in [0.29, 0.717) is 19.5 Å². The first-order chi connectivity index (χ1) is 18.5. The maximum Gasteiger partial charge on any atom is 0.322 e. The first-order valence-corrected chi connectivity index (χ1v) is 13.2. The number of imidazole rings is 1. The molecule has 2 aromatic carbocycles. The molecule has 0 saturated heterocycles. The summed E-state index contributed by atoms with van der Waals surface area (Å²) in [4.78, 5) is 20.9. The summed E-state index contributed by atoms with van der Waals surface area (Å²) in [6, 6.07) is 15.2. The number of hydrogen-bond donors (Lipinski definition) is 1. The zero-order chi connectivity index (χ0) is 26.6.